The van der Waals surface area contributed by atoms with Gasteiger partial charge in [0, 0.05) is 13.1 Å². The lowest BCUT2D eigenvalue weighted by atomic mass is 9.99. The summed E-state index contributed by atoms with van der Waals surface area (Å²) in [5, 5.41) is -0.214. The second-order valence-corrected chi connectivity index (χ2v) is 7.54. The molecular formula is C13H16ClF3N2O2S. The maximum Gasteiger partial charge on any atom is 0.416 e. The van der Waals surface area contributed by atoms with Gasteiger partial charge in [0.2, 0.25) is 10.0 Å². The summed E-state index contributed by atoms with van der Waals surface area (Å²) in [6.45, 7) is 0.936. The topological polar surface area (TPSA) is 63.4 Å². The van der Waals surface area contributed by atoms with Crippen LogP contribution in [0.25, 0.3) is 0 Å². The van der Waals surface area contributed by atoms with Crippen molar-refractivity contribution in [3.8, 4) is 0 Å². The number of rotatable bonds is 3. The fourth-order valence-electron chi connectivity index (χ4n) is 2.40. The van der Waals surface area contributed by atoms with E-state index in [-0.39, 0.29) is 24.0 Å². The first-order valence-electron chi connectivity index (χ1n) is 6.73. The van der Waals surface area contributed by atoms with Gasteiger partial charge < -0.3 is 5.73 Å². The van der Waals surface area contributed by atoms with Gasteiger partial charge in [0.05, 0.1) is 10.6 Å². The summed E-state index contributed by atoms with van der Waals surface area (Å²) < 4.78 is 64.5. The van der Waals surface area contributed by atoms with Gasteiger partial charge in [-0.15, -0.1) is 0 Å². The number of hydrogen-bond donors (Lipinski definition) is 1. The van der Waals surface area contributed by atoms with E-state index < -0.39 is 26.7 Å². The Labute approximate surface area is 132 Å². The highest BCUT2D eigenvalue weighted by atomic mass is 35.5. The van der Waals surface area contributed by atoms with Crippen molar-refractivity contribution in [2.24, 2.45) is 11.7 Å². The van der Waals surface area contributed by atoms with Crippen molar-refractivity contribution in [2.45, 2.75) is 23.9 Å². The first kappa shape index (κ1) is 17.5. The number of alkyl halides is 3. The molecule has 2 rings (SSSR count). The highest BCUT2D eigenvalue weighted by molar-refractivity contribution is 7.89. The zero-order valence-electron chi connectivity index (χ0n) is 11.6. The van der Waals surface area contributed by atoms with Crippen molar-refractivity contribution in [1.29, 1.82) is 0 Å². The zero-order valence-corrected chi connectivity index (χ0v) is 13.2. The van der Waals surface area contributed by atoms with Crippen LogP contribution < -0.4 is 5.73 Å². The summed E-state index contributed by atoms with van der Waals surface area (Å²) in [7, 11) is -4.05. The molecule has 0 unspecified atom stereocenters. The van der Waals surface area contributed by atoms with Gasteiger partial charge in [-0.05, 0) is 43.5 Å². The van der Waals surface area contributed by atoms with Crippen molar-refractivity contribution >= 4 is 21.6 Å². The van der Waals surface area contributed by atoms with Gasteiger partial charge in [-0.2, -0.15) is 17.5 Å². The van der Waals surface area contributed by atoms with Crippen LogP contribution >= 0.6 is 11.6 Å². The molecule has 1 aromatic carbocycles. The van der Waals surface area contributed by atoms with Gasteiger partial charge >= 0.3 is 6.18 Å². The average Bonchev–Trinajstić information content (AvgIpc) is 2.46. The maximum atomic E-state index is 12.8. The average molecular weight is 357 g/mol. The minimum atomic E-state index is -4.62. The number of nitrogens with two attached hydrogens (primary N) is 1. The number of hydrogen-bond acceptors (Lipinski definition) is 3. The molecule has 0 aromatic heterocycles. The first-order valence-corrected chi connectivity index (χ1v) is 8.55. The molecule has 1 heterocycles. The molecule has 2 N–H and O–H groups in total. The summed E-state index contributed by atoms with van der Waals surface area (Å²) in [6.07, 6.45) is -3.44. The van der Waals surface area contributed by atoms with Crippen LogP contribution in [0.4, 0.5) is 13.2 Å². The summed E-state index contributed by atoms with van der Waals surface area (Å²) >= 11 is 5.81. The van der Waals surface area contributed by atoms with Crippen molar-refractivity contribution < 1.29 is 21.6 Å². The third kappa shape index (κ3) is 3.56. The van der Waals surface area contributed by atoms with E-state index in [0.29, 0.717) is 25.5 Å². The molecule has 124 valence electrons. The summed E-state index contributed by atoms with van der Waals surface area (Å²) in [6, 6.07) is 2.32. The van der Waals surface area contributed by atoms with E-state index >= 15 is 0 Å². The minimum Gasteiger partial charge on any atom is -0.330 e. The molecule has 0 radical (unpaired) electrons. The van der Waals surface area contributed by atoms with Crippen molar-refractivity contribution in [3.63, 3.8) is 0 Å². The van der Waals surface area contributed by atoms with E-state index in [1.54, 1.807) is 0 Å². The quantitative estimate of drug-likeness (QED) is 0.905. The van der Waals surface area contributed by atoms with Gasteiger partial charge in [0.15, 0.2) is 0 Å². The lowest BCUT2D eigenvalue weighted by Crippen LogP contribution is -2.40. The van der Waals surface area contributed by atoms with E-state index in [0.717, 1.165) is 12.1 Å². The molecule has 4 nitrogen and oxygen atoms in total. The smallest absolute Gasteiger partial charge is 0.330 e. The lowest BCUT2D eigenvalue weighted by Gasteiger charge is -2.30. The van der Waals surface area contributed by atoms with Crippen LogP contribution in [-0.2, 0) is 16.2 Å². The highest BCUT2D eigenvalue weighted by Gasteiger charge is 2.35. The third-order valence-electron chi connectivity index (χ3n) is 3.78. The molecule has 1 aliphatic heterocycles. The Morgan fingerprint density at radius 2 is 1.86 bits per heavy atom. The number of sulfonamides is 1. The Bertz CT molecular complexity index is 641. The first-order chi connectivity index (χ1) is 10.2. The van der Waals surface area contributed by atoms with Gasteiger partial charge in [-0.1, -0.05) is 11.6 Å². The summed E-state index contributed by atoms with van der Waals surface area (Å²) in [4.78, 5) is -0.504. The Morgan fingerprint density at radius 3 is 2.36 bits per heavy atom. The second-order valence-electron chi connectivity index (χ2n) is 5.23. The molecule has 0 atom stereocenters. The van der Waals surface area contributed by atoms with Crippen LogP contribution in [0.3, 0.4) is 0 Å². The van der Waals surface area contributed by atoms with Gasteiger partial charge in [-0.25, -0.2) is 8.42 Å². The van der Waals surface area contributed by atoms with E-state index in [1.165, 1.54) is 4.31 Å². The van der Waals surface area contributed by atoms with Crippen LogP contribution in [0.5, 0.6) is 0 Å². The highest BCUT2D eigenvalue weighted by Crippen LogP contribution is 2.35. The van der Waals surface area contributed by atoms with Gasteiger partial charge in [0.25, 0.3) is 0 Å². The predicted molar refractivity (Wildman–Crippen MR) is 77.0 cm³/mol. The Kier molecular flexibility index (Phi) is 5.06. The maximum absolute atomic E-state index is 12.8. The second kappa shape index (κ2) is 6.35. The number of nitrogens with zero attached hydrogens (tertiary/aromatic N) is 1. The zero-order chi connectivity index (χ0) is 16.5. The van der Waals surface area contributed by atoms with E-state index in [9.17, 15) is 21.6 Å². The fraction of sp³-hybridized carbons (Fsp3) is 0.538. The SMILES string of the molecule is NCC1CCN(S(=O)(=O)c2cc(C(F)(F)F)ccc2Cl)CC1. The van der Waals surface area contributed by atoms with Crippen molar-refractivity contribution in [3.05, 3.63) is 28.8 Å². The van der Waals surface area contributed by atoms with E-state index in [2.05, 4.69) is 0 Å². The molecule has 0 spiro atoms. The molecule has 22 heavy (non-hydrogen) atoms. The Morgan fingerprint density at radius 1 is 1.27 bits per heavy atom. The molecule has 0 saturated carbocycles. The predicted octanol–water partition coefficient (Wildman–Crippen LogP) is 2.72. The number of piperidine rings is 1. The van der Waals surface area contributed by atoms with Crippen LogP contribution in [-0.4, -0.2) is 32.4 Å². The molecule has 1 aliphatic rings. The van der Waals surface area contributed by atoms with Crippen molar-refractivity contribution in [1.82, 2.24) is 4.31 Å². The summed E-state index contributed by atoms with van der Waals surface area (Å²) in [5.41, 5.74) is 4.51. The Hall–Kier alpha value is -0.830. The molecule has 0 amide bonds. The number of benzene rings is 1. The molecule has 0 bridgehead atoms. The standard InChI is InChI=1S/C13H16ClF3N2O2S/c14-11-2-1-10(13(15,16)17)7-12(11)22(20,21)19-5-3-9(8-18)4-6-19/h1-2,7,9H,3-6,8,18H2. The molecule has 0 aliphatic carbocycles. The number of halogens is 4. The molecule has 1 saturated heterocycles. The minimum absolute atomic E-state index is 0.214. The molecule has 1 fully saturated rings. The monoisotopic (exact) mass is 356 g/mol. The van der Waals surface area contributed by atoms with Crippen LogP contribution in [0.1, 0.15) is 18.4 Å². The van der Waals surface area contributed by atoms with Crippen LogP contribution in [0.15, 0.2) is 23.1 Å². The van der Waals surface area contributed by atoms with E-state index in [4.69, 9.17) is 17.3 Å². The molecule has 9 heteroatoms. The summed E-state index contributed by atoms with van der Waals surface area (Å²) in [5.74, 6) is 0.239. The largest absolute Gasteiger partial charge is 0.416 e. The normalized spacial score (nSPS) is 18.6. The third-order valence-corrected chi connectivity index (χ3v) is 6.16. The van der Waals surface area contributed by atoms with Crippen LogP contribution in [0.2, 0.25) is 5.02 Å². The molecular weight excluding hydrogens is 341 g/mol. The van der Waals surface area contributed by atoms with Gasteiger partial charge in [-0.3, -0.25) is 0 Å². The Balaban J connectivity index is 2.34. The van der Waals surface area contributed by atoms with Crippen LogP contribution in [0, 0.1) is 5.92 Å². The van der Waals surface area contributed by atoms with Gasteiger partial charge in [0.1, 0.15) is 4.90 Å². The fourth-order valence-corrected chi connectivity index (χ4v) is 4.37. The van der Waals surface area contributed by atoms with E-state index in [1.807, 2.05) is 0 Å². The van der Waals surface area contributed by atoms with Crippen molar-refractivity contribution in [2.75, 3.05) is 19.6 Å². The lowest BCUT2D eigenvalue weighted by molar-refractivity contribution is -0.137. The molecule has 1 aromatic rings.